The van der Waals surface area contributed by atoms with Crippen molar-refractivity contribution in [3.8, 4) is 0 Å². The van der Waals surface area contributed by atoms with Crippen molar-refractivity contribution >= 4 is 5.91 Å². The van der Waals surface area contributed by atoms with Crippen LogP contribution < -0.4 is 5.56 Å². The number of ether oxygens (including phenoxy) is 1. The molecule has 1 atom stereocenters. The summed E-state index contributed by atoms with van der Waals surface area (Å²) in [5.74, 6) is -0.229. The fraction of sp³-hybridized carbons (Fsp3) is 0.444. The van der Waals surface area contributed by atoms with Crippen molar-refractivity contribution in [1.29, 1.82) is 0 Å². The van der Waals surface area contributed by atoms with Gasteiger partial charge in [0.05, 0.1) is 24.9 Å². The number of nitrogens with zero attached hydrogens (tertiary/aromatic N) is 4. The van der Waals surface area contributed by atoms with E-state index in [-0.39, 0.29) is 23.1 Å². The monoisotopic (exact) mass is 342 g/mol. The Morgan fingerprint density at radius 2 is 2.20 bits per heavy atom. The molecule has 0 unspecified atom stereocenters. The Bertz CT molecular complexity index is 804. The Balaban J connectivity index is 1.77. The summed E-state index contributed by atoms with van der Waals surface area (Å²) in [5.41, 5.74) is 1.65. The number of carbonyl (C=O) groups is 1. The highest BCUT2D eigenvalue weighted by atomic mass is 16.5. The summed E-state index contributed by atoms with van der Waals surface area (Å²) in [6.45, 7) is 3.28. The average molecular weight is 342 g/mol. The standard InChI is InChI=1S/C18H22N4O3/c1-13-3-6-16(17(23)21(13)2)18(24)22-9-10-25-12-15(22)5-4-14-11-19-7-8-20-14/h3,6-8,11,15H,4-5,9-10,12H2,1-2H3/t15-/m0/s1. The third kappa shape index (κ3) is 3.76. The van der Waals surface area contributed by atoms with Crippen molar-refractivity contribution in [3.05, 3.63) is 58.0 Å². The number of pyridine rings is 1. The van der Waals surface area contributed by atoms with Gasteiger partial charge in [0.1, 0.15) is 5.56 Å². The molecule has 0 radical (unpaired) electrons. The van der Waals surface area contributed by atoms with E-state index in [2.05, 4.69) is 9.97 Å². The van der Waals surface area contributed by atoms with Crippen LogP contribution in [0.15, 0.2) is 35.5 Å². The van der Waals surface area contributed by atoms with E-state index in [1.807, 2.05) is 6.92 Å². The Morgan fingerprint density at radius 3 is 2.96 bits per heavy atom. The van der Waals surface area contributed by atoms with Gasteiger partial charge >= 0.3 is 0 Å². The van der Waals surface area contributed by atoms with Crippen LogP contribution in [0.1, 0.15) is 28.2 Å². The predicted octanol–water partition coefficient (Wildman–Crippen LogP) is 0.958. The first-order valence-corrected chi connectivity index (χ1v) is 8.38. The van der Waals surface area contributed by atoms with Crippen LogP contribution in [0.5, 0.6) is 0 Å². The Hall–Kier alpha value is -2.54. The van der Waals surface area contributed by atoms with E-state index >= 15 is 0 Å². The van der Waals surface area contributed by atoms with Gasteiger partial charge in [0, 0.05) is 37.9 Å². The van der Waals surface area contributed by atoms with Crippen molar-refractivity contribution < 1.29 is 9.53 Å². The first-order chi connectivity index (χ1) is 12.1. The summed E-state index contributed by atoms with van der Waals surface area (Å²) in [7, 11) is 1.68. The van der Waals surface area contributed by atoms with Crippen molar-refractivity contribution in [2.24, 2.45) is 7.05 Å². The highest BCUT2D eigenvalue weighted by molar-refractivity contribution is 5.94. The minimum Gasteiger partial charge on any atom is -0.377 e. The molecule has 2 aromatic heterocycles. The quantitative estimate of drug-likeness (QED) is 0.827. The summed E-state index contributed by atoms with van der Waals surface area (Å²) in [5, 5.41) is 0. The smallest absolute Gasteiger partial charge is 0.263 e. The highest BCUT2D eigenvalue weighted by Gasteiger charge is 2.29. The van der Waals surface area contributed by atoms with Crippen molar-refractivity contribution in [2.45, 2.75) is 25.8 Å². The number of hydrogen-bond donors (Lipinski definition) is 0. The molecule has 25 heavy (non-hydrogen) atoms. The third-order valence-electron chi connectivity index (χ3n) is 4.62. The lowest BCUT2D eigenvalue weighted by atomic mass is 10.1. The second kappa shape index (κ2) is 7.57. The molecule has 1 amide bonds. The fourth-order valence-electron chi connectivity index (χ4n) is 2.98. The summed E-state index contributed by atoms with van der Waals surface area (Å²) in [6, 6.07) is 3.34. The molecule has 2 aromatic rings. The van der Waals surface area contributed by atoms with E-state index in [0.717, 1.165) is 17.8 Å². The highest BCUT2D eigenvalue weighted by Crippen LogP contribution is 2.16. The van der Waals surface area contributed by atoms with Crippen LogP contribution in [0.4, 0.5) is 0 Å². The average Bonchev–Trinajstić information content (AvgIpc) is 2.65. The van der Waals surface area contributed by atoms with E-state index in [0.29, 0.717) is 26.2 Å². The molecular weight excluding hydrogens is 320 g/mol. The minimum atomic E-state index is -0.260. The van der Waals surface area contributed by atoms with Crippen LogP contribution in [-0.4, -0.2) is 51.1 Å². The lowest BCUT2D eigenvalue weighted by Crippen LogP contribution is -2.50. The number of morpholine rings is 1. The van der Waals surface area contributed by atoms with Gasteiger partial charge in [0.15, 0.2) is 0 Å². The second-order valence-electron chi connectivity index (χ2n) is 6.22. The molecule has 1 saturated heterocycles. The van der Waals surface area contributed by atoms with Crippen molar-refractivity contribution in [1.82, 2.24) is 19.4 Å². The van der Waals surface area contributed by atoms with Gasteiger partial charge in [-0.25, -0.2) is 0 Å². The molecule has 3 heterocycles. The lowest BCUT2D eigenvalue weighted by Gasteiger charge is -2.35. The molecule has 0 bridgehead atoms. The molecule has 0 saturated carbocycles. The Morgan fingerprint density at radius 1 is 1.36 bits per heavy atom. The second-order valence-corrected chi connectivity index (χ2v) is 6.22. The number of rotatable bonds is 4. The van der Waals surface area contributed by atoms with Gasteiger partial charge in [-0.1, -0.05) is 0 Å². The summed E-state index contributed by atoms with van der Waals surface area (Å²) < 4.78 is 7.05. The van der Waals surface area contributed by atoms with Crippen LogP contribution in [0.2, 0.25) is 0 Å². The number of aryl methyl sites for hydroxylation is 2. The molecule has 0 spiro atoms. The normalized spacial score (nSPS) is 17.5. The summed E-state index contributed by atoms with van der Waals surface area (Å²) in [4.78, 5) is 35.4. The molecular formula is C18H22N4O3. The van der Waals surface area contributed by atoms with Crippen LogP contribution in [0.25, 0.3) is 0 Å². The first kappa shape index (κ1) is 17.3. The van der Waals surface area contributed by atoms with E-state index in [4.69, 9.17) is 4.74 Å². The Kier molecular flexibility index (Phi) is 5.23. The first-order valence-electron chi connectivity index (χ1n) is 8.38. The van der Waals surface area contributed by atoms with Gasteiger partial charge in [0.2, 0.25) is 0 Å². The lowest BCUT2D eigenvalue weighted by molar-refractivity contribution is -0.00425. The molecule has 7 heteroatoms. The zero-order chi connectivity index (χ0) is 17.8. The molecule has 7 nitrogen and oxygen atoms in total. The van der Waals surface area contributed by atoms with Gasteiger partial charge < -0.3 is 14.2 Å². The molecule has 1 aliphatic rings. The zero-order valence-electron chi connectivity index (χ0n) is 14.5. The Labute approximate surface area is 146 Å². The van der Waals surface area contributed by atoms with Gasteiger partial charge in [-0.15, -0.1) is 0 Å². The molecule has 0 aromatic carbocycles. The molecule has 0 N–H and O–H groups in total. The van der Waals surface area contributed by atoms with E-state index in [1.165, 1.54) is 4.57 Å². The van der Waals surface area contributed by atoms with Crippen LogP contribution in [0, 0.1) is 6.92 Å². The number of aromatic nitrogens is 3. The van der Waals surface area contributed by atoms with Crippen molar-refractivity contribution in [2.75, 3.05) is 19.8 Å². The van der Waals surface area contributed by atoms with Gasteiger partial charge in [-0.2, -0.15) is 0 Å². The molecule has 3 rings (SSSR count). The molecule has 1 fully saturated rings. The van der Waals surface area contributed by atoms with E-state index in [9.17, 15) is 9.59 Å². The van der Waals surface area contributed by atoms with Crippen molar-refractivity contribution in [3.63, 3.8) is 0 Å². The van der Waals surface area contributed by atoms with Crippen LogP contribution >= 0.6 is 0 Å². The maximum atomic E-state index is 12.9. The minimum absolute atomic E-state index is 0.0748. The number of carbonyl (C=O) groups excluding carboxylic acids is 1. The van der Waals surface area contributed by atoms with Gasteiger partial charge in [-0.05, 0) is 31.9 Å². The third-order valence-corrected chi connectivity index (χ3v) is 4.62. The predicted molar refractivity (Wildman–Crippen MR) is 92.4 cm³/mol. The fourth-order valence-corrected chi connectivity index (χ4v) is 2.98. The maximum absolute atomic E-state index is 12.9. The van der Waals surface area contributed by atoms with Gasteiger partial charge in [-0.3, -0.25) is 19.6 Å². The maximum Gasteiger partial charge on any atom is 0.263 e. The summed E-state index contributed by atoms with van der Waals surface area (Å²) >= 11 is 0. The largest absolute Gasteiger partial charge is 0.377 e. The SMILES string of the molecule is Cc1ccc(C(=O)N2CCOC[C@@H]2CCc2cnccn2)c(=O)n1C. The molecule has 132 valence electrons. The topological polar surface area (TPSA) is 77.3 Å². The number of hydrogen-bond acceptors (Lipinski definition) is 5. The molecule has 0 aliphatic carbocycles. The van der Waals surface area contributed by atoms with Crippen LogP contribution in [-0.2, 0) is 18.2 Å². The van der Waals surface area contributed by atoms with Gasteiger partial charge in [0.25, 0.3) is 11.5 Å². The van der Waals surface area contributed by atoms with E-state index < -0.39 is 0 Å². The summed E-state index contributed by atoms with van der Waals surface area (Å²) in [6.07, 6.45) is 6.45. The zero-order valence-corrected chi connectivity index (χ0v) is 14.5. The van der Waals surface area contributed by atoms with Crippen LogP contribution in [0.3, 0.4) is 0 Å². The number of amides is 1. The molecule has 1 aliphatic heterocycles. The van der Waals surface area contributed by atoms with E-state index in [1.54, 1.807) is 42.7 Å².